The number of anilines is 2. The van der Waals surface area contributed by atoms with E-state index in [0.29, 0.717) is 11.4 Å². The zero-order valence-electron chi connectivity index (χ0n) is 14.0. The number of aryl methyl sites for hydroxylation is 3. The van der Waals surface area contributed by atoms with Gasteiger partial charge in [0.05, 0.1) is 17.8 Å². The number of benzene rings is 2. The Balaban J connectivity index is 1.96. The lowest BCUT2D eigenvalue weighted by molar-refractivity contribution is -0.121. The Kier molecular flexibility index (Phi) is 4.11. The van der Waals surface area contributed by atoms with E-state index >= 15 is 0 Å². The minimum atomic E-state index is -0.903. The molecule has 1 heterocycles. The summed E-state index contributed by atoms with van der Waals surface area (Å²) < 4.78 is 0. The van der Waals surface area contributed by atoms with Gasteiger partial charge in [0.15, 0.2) is 0 Å². The van der Waals surface area contributed by atoms with Crippen molar-refractivity contribution in [3.63, 3.8) is 0 Å². The number of carbonyl (C=O) groups excluding carboxylic acids is 2. The third kappa shape index (κ3) is 2.67. The number of hydrogen-bond donors (Lipinski definition) is 1. The molecule has 1 unspecified atom stereocenters. The molecule has 0 aliphatic carbocycles. The first-order chi connectivity index (χ1) is 11.4. The summed E-state index contributed by atoms with van der Waals surface area (Å²) in [7, 11) is 0. The van der Waals surface area contributed by atoms with Crippen LogP contribution >= 0.6 is 0 Å². The van der Waals surface area contributed by atoms with E-state index in [1.54, 1.807) is 24.3 Å². The average molecular weight is 324 g/mol. The molecule has 1 atom stereocenters. The molecular formula is C19H20N2O3. The summed E-state index contributed by atoms with van der Waals surface area (Å²) >= 11 is 0. The quantitative estimate of drug-likeness (QED) is 0.696. The number of amides is 2. The van der Waals surface area contributed by atoms with Crippen molar-refractivity contribution in [1.29, 1.82) is 0 Å². The van der Waals surface area contributed by atoms with Crippen LogP contribution in [0.4, 0.5) is 11.4 Å². The first kappa shape index (κ1) is 16.2. The van der Waals surface area contributed by atoms with Gasteiger partial charge in [-0.05, 0) is 44.0 Å². The fourth-order valence-electron chi connectivity index (χ4n) is 3.33. The molecule has 0 bridgehead atoms. The first-order valence-electron chi connectivity index (χ1n) is 7.88. The van der Waals surface area contributed by atoms with E-state index in [-0.39, 0.29) is 12.3 Å². The van der Waals surface area contributed by atoms with Crippen LogP contribution in [0.15, 0.2) is 42.5 Å². The van der Waals surface area contributed by atoms with Crippen molar-refractivity contribution >= 4 is 23.2 Å². The van der Waals surface area contributed by atoms with Crippen LogP contribution in [0, 0.1) is 20.8 Å². The summed E-state index contributed by atoms with van der Waals surface area (Å²) in [6, 6.07) is 11.8. The monoisotopic (exact) mass is 324 g/mol. The molecule has 24 heavy (non-hydrogen) atoms. The minimum absolute atomic E-state index is 0.0447. The smallest absolute Gasteiger partial charge is 0.259 e. The molecule has 0 saturated carbocycles. The molecule has 3 rings (SSSR count). The SMILES string of the molecule is Cc1cc(C)c(N2C(=O)CC(N(O)c3ccccc3)C2=O)c(C)c1. The lowest BCUT2D eigenvalue weighted by Gasteiger charge is -2.24. The first-order valence-corrected chi connectivity index (χ1v) is 7.88. The van der Waals surface area contributed by atoms with Gasteiger partial charge in [0.25, 0.3) is 5.91 Å². The maximum absolute atomic E-state index is 12.8. The Labute approximate surface area is 141 Å². The molecule has 2 aromatic rings. The van der Waals surface area contributed by atoms with Gasteiger partial charge >= 0.3 is 0 Å². The second-order valence-electron chi connectivity index (χ2n) is 6.21. The van der Waals surface area contributed by atoms with E-state index in [1.165, 1.54) is 4.90 Å². The molecular weight excluding hydrogens is 304 g/mol. The molecule has 1 saturated heterocycles. The van der Waals surface area contributed by atoms with Crippen molar-refractivity contribution < 1.29 is 14.8 Å². The highest BCUT2D eigenvalue weighted by Crippen LogP contribution is 2.32. The third-order valence-corrected chi connectivity index (χ3v) is 4.30. The van der Waals surface area contributed by atoms with Crippen LogP contribution in [0.2, 0.25) is 0 Å². The van der Waals surface area contributed by atoms with E-state index < -0.39 is 11.9 Å². The highest BCUT2D eigenvalue weighted by Gasteiger charge is 2.44. The van der Waals surface area contributed by atoms with Crippen molar-refractivity contribution in [1.82, 2.24) is 0 Å². The number of para-hydroxylation sites is 1. The van der Waals surface area contributed by atoms with Crippen LogP contribution < -0.4 is 9.96 Å². The van der Waals surface area contributed by atoms with E-state index in [4.69, 9.17) is 0 Å². The molecule has 1 fully saturated rings. The number of rotatable bonds is 3. The maximum atomic E-state index is 12.8. The second kappa shape index (κ2) is 6.09. The largest absolute Gasteiger partial charge is 0.288 e. The van der Waals surface area contributed by atoms with Gasteiger partial charge in [0, 0.05) is 0 Å². The second-order valence-corrected chi connectivity index (χ2v) is 6.21. The number of nitrogens with zero attached hydrogens (tertiary/aromatic N) is 2. The number of hydrogen-bond acceptors (Lipinski definition) is 4. The number of hydroxylamine groups is 1. The lowest BCUT2D eigenvalue weighted by Crippen LogP contribution is -2.41. The molecule has 124 valence electrons. The predicted molar refractivity (Wildman–Crippen MR) is 92.3 cm³/mol. The Morgan fingerprint density at radius 1 is 1.04 bits per heavy atom. The van der Waals surface area contributed by atoms with Crippen LogP contribution in [-0.4, -0.2) is 23.1 Å². The third-order valence-electron chi connectivity index (χ3n) is 4.30. The standard InChI is InChI=1S/C19H20N2O3/c1-12-9-13(2)18(14(3)10-12)20-17(22)11-16(19(20)23)21(24)15-7-5-4-6-8-15/h4-10,16,24H,11H2,1-3H3. The lowest BCUT2D eigenvalue weighted by atomic mass is 10.0. The van der Waals surface area contributed by atoms with Gasteiger partial charge < -0.3 is 0 Å². The van der Waals surface area contributed by atoms with E-state index in [0.717, 1.165) is 21.8 Å². The average Bonchev–Trinajstić information content (AvgIpc) is 2.82. The Hall–Kier alpha value is -2.66. The van der Waals surface area contributed by atoms with Gasteiger partial charge in [0.2, 0.25) is 5.91 Å². The minimum Gasteiger partial charge on any atom is -0.288 e. The van der Waals surface area contributed by atoms with Crippen molar-refractivity contribution in [3.8, 4) is 0 Å². The van der Waals surface area contributed by atoms with Crippen LogP contribution in [0.25, 0.3) is 0 Å². The summed E-state index contributed by atoms with van der Waals surface area (Å²) in [5.74, 6) is -0.698. The van der Waals surface area contributed by atoms with Crippen LogP contribution in [-0.2, 0) is 9.59 Å². The topological polar surface area (TPSA) is 60.9 Å². The Morgan fingerprint density at radius 2 is 1.62 bits per heavy atom. The van der Waals surface area contributed by atoms with Gasteiger partial charge in [-0.1, -0.05) is 35.9 Å². The van der Waals surface area contributed by atoms with E-state index in [2.05, 4.69) is 0 Å². The number of imide groups is 1. The molecule has 2 aromatic carbocycles. The summed E-state index contributed by atoms with van der Waals surface area (Å²) in [5, 5.41) is 11.3. The highest BCUT2D eigenvalue weighted by atomic mass is 16.5. The summed E-state index contributed by atoms with van der Waals surface area (Å²) in [6.07, 6.45) is -0.0447. The fourth-order valence-corrected chi connectivity index (χ4v) is 3.33. The summed E-state index contributed by atoms with van der Waals surface area (Å²) in [5.41, 5.74) is 3.94. The van der Waals surface area contributed by atoms with Gasteiger partial charge in [-0.3, -0.25) is 14.8 Å². The number of carbonyl (C=O) groups is 2. The molecule has 2 amide bonds. The van der Waals surface area contributed by atoms with Crippen molar-refractivity contribution in [2.24, 2.45) is 0 Å². The van der Waals surface area contributed by atoms with Crippen molar-refractivity contribution in [3.05, 3.63) is 59.2 Å². The zero-order valence-corrected chi connectivity index (χ0v) is 14.0. The maximum Gasteiger partial charge on any atom is 0.259 e. The van der Waals surface area contributed by atoms with Gasteiger partial charge in [-0.15, -0.1) is 0 Å². The molecule has 0 radical (unpaired) electrons. The van der Waals surface area contributed by atoms with E-state index in [1.807, 2.05) is 39.0 Å². The Bertz CT molecular complexity index is 779. The van der Waals surface area contributed by atoms with Crippen molar-refractivity contribution in [2.75, 3.05) is 9.96 Å². The predicted octanol–water partition coefficient (Wildman–Crippen LogP) is 3.14. The summed E-state index contributed by atoms with van der Waals surface area (Å²) in [4.78, 5) is 26.5. The van der Waals surface area contributed by atoms with Gasteiger partial charge in [-0.2, -0.15) is 0 Å². The zero-order chi connectivity index (χ0) is 17.4. The van der Waals surface area contributed by atoms with Gasteiger partial charge in [-0.25, -0.2) is 9.96 Å². The molecule has 1 aliphatic heterocycles. The Morgan fingerprint density at radius 3 is 2.21 bits per heavy atom. The summed E-state index contributed by atoms with van der Waals surface area (Å²) in [6.45, 7) is 5.75. The van der Waals surface area contributed by atoms with Crippen molar-refractivity contribution in [2.45, 2.75) is 33.2 Å². The van der Waals surface area contributed by atoms with Crippen LogP contribution in [0.1, 0.15) is 23.1 Å². The van der Waals surface area contributed by atoms with E-state index in [9.17, 15) is 14.8 Å². The molecule has 5 heteroatoms. The molecule has 1 aliphatic rings. The van der Waals surface area contributed by atoms with Crippen LogP contribution in [0.3, 0.4) is 0 Å². The molecule has 5 nitrogen and oxygen atoms in total. The highest BCUT2D eigenvalue weighted by molar-refractivity contribution is 6.23. The normalized spacial score (nSPS) is 17.5. The molecule has 0 aromatic heterocycles. The molecule has 0 spiro atoms. The van der Waals surface area contributed by atoms with Gasteiger partial charge in [0.1, 0.15) is 6.04 Å². The fraction of sp³-hybridized carbons (Fsp3) is 0.263. The van der Waals surface area contributed by atoms with Crippen LogP contribution in [0.5, 0.6) is 0 Å². The molecule has 1 N–H and O–H groups in total.